The average molecular weight is 400 g/mol. The zero-order valence-electron chi connectivity index (χ0n) is 12.0. The Hall–Kier alpha value is -0.950. The largest absolute Gasteiger partial charge is 0.321 e. The molecule has 0 atom stereocenters. The summed E-state index contributed by atoms with van der Waals surface area (Å²) >= 11 is 3.71. The highest BCUT2D eigenvalue weighted by Crippen LogP contribution is 2.27. The molecule has 0 aliphatic rings. The maximum Gasteiger partial charge on any atom is 0.267 e. The van der Waals surface area contributed by atoms with Crippen molar-refractivity contribution in [2.45, 2.75) is 33.1 Å². The van der Waals surface area contributed by atoms with Crippen LogP contribution in [-0.4, -0.2) is 10.9 Å². The van der Waals surface area contributed by atoms with Crippen molar-refractivity contribution in [3.8, 4) is 0 Å². The molecule has 0 bridgehead atoms. The number of carbonyl (C=O) groups excluding carboxylic acids is 1. The van der Waals surface area contributed by atoms with Crippen molar-refractivity contribution >= 4 is 45.5 Å². The molecule has 0 saturated heterocycles. The molecule has 20 heavy (non-hydrogen) atoms. The summed E-state index contributed by atoms with van der Waals surface area (Å²) in [5, 5.41) is 3.92. The summed E-state index contributed by atoms with van der Waals surface area (Å²) in [4.78, 5) is 17.2. The molecule has 0 fully saturated rings. The number of aryl methyl sites for hydroxylation is 1. The van der Waals surface area contributed by atoms with E-state index in [0.717, 1.165) is 19.8 Å². The fourth-order valence-corrected chi connectivity index (χ4v) is 3.19. The summed E-state index contributed by atoms with van der Waals surface area (Å²) in [6.07, 6.45) is 1.66. The van der Waals surface area contributed by atoms with Gasteiger partial charge in [-0.25, -0.2) is 4.98 Å². The van der Waals surface area contributed by atoms with Crippen molar-refractivity contribution in [1.82, 2.24) is 4.98 Å². The molecule has 1 heterocycles. The zero-order chi connectivity index (χ0) is 14.9. The lowest BCUT2D eigenvalue weighted by Crippen LogP contribution is -2.11. The Morgan fingerprint density at radius 2 is 2.05 bits per heavy atom. The Labute approximate surface area is 137 Å². The minimum atomic E-state index is -0.0951. The minimum absolute atomic E-state index is 0.0258. The fraction of sp³-hybridized carbons (Fsp3) is 0.333. The summed E-state index contributed by atoms with van der Waals surface area (Å²) in [5.41, 5.74) is 1.88. The van der Waals surface area contributed by atoms with Gasteiger partial charge in [0.2, 0.25) is 0 Å². The molecule has 1 aromatic heterocycles. The van der Waals surface area contributed by atoms with Crippen LogP contribution in [0.2, 0.25) is 0 Å². The van der Waals surface area contributed by atoms with E-state index in [1.165, 1.54) is 11.3 Å². The molecule has 5 heteroatoms. The Bertz CT molecular complexity index is 644. The number of nitrogens with one attached hydrogen (secondary N) is 1. The molecule has 2 aromatic rings. The van der Waals surface area contributed by atoms with E-state index >= 15 is 0 Å². The van der Waals surface area contributed by atoms with Crippen LogP contribution in [0.5, 0.6) is 0 Å². The molecular formula is C15H17IN2OS. The van der Waals surface area contributed by atoms with Gasteiger partial charge in [0.1, 0.15) is 4.88 Å². The van der Waals surface area contributed by atoms with Crippen LogP contribution in [0.1, 0.15) is 41.0 Å². The van der Waals surface area contributed by atoms with E-state index in [4.69, 9.17) is 0 Å². The Morgan fingerprint density at radius 3 is 2.60 bits per heavy atom. The van der Waals surface area contributed by atoms with Crippen molar-refractivity contribution in [1.29, 1.82) is 0 Å². The predicted octanol–water partition coefficient (Wildman–Crippen LogP) is 4.61. The van der Waals surface area contributed by atoms with Gasteiger partial charge < -0.3 is 5.32 Å². The number of benzene rings is 1. The number of nitrogens with zero attached hydrogens (tertiary/aromatic N) is 1. The molecule has 1 N–H and O–H groups in total. The number of anilines is 1. The smallest absolute Gasteiger partial charge is 0.267 e. The zero-order valence-corrected chi connectivity index (χ0v) is 14.9. The van der Waals surface area contributed by atoms with Crippen molar-refractivity contribution in [3.63, 3.8) is 0 Å². The molecule has 2 rings (SSSR count). The summed E-state index contributed by atoms with van der Waals surface area (Å²) in [5.74, 6) is -0.0951. The van der Waals surface area contributed by atoms with Crippen LogP contribution in [0.15, 0.2) is 24.4 Å². The van der Waals surface area contributed by atoms with Crippen LogP contribution in [0.3, 0.4) is 0 Å². The summed E-state index contributed by atoms with van der Waals surface area (Å²) in [6, 6.07) is 5.96. The molecule has 3 nitrogen and oxygen atoms in total. The van der Waals surface area contributed by atoms with Crippen LogP contribution in [-0.2, 0) is 5.41 Å². The second kappa shape index (κ2) is 5.81. The summed E-state index contributed by atoms with van der Waals surface area (Å²) in [6.45, 7) is 8.27. The third-order valence-electron chi connectivity index (χ3n) is 2.81. The molecule has 0 radical (unpaired) electrons. The van der Waals surface area contributed by atoms with Gasteiger partial charge in [0.15, 0.2) is 0 Å². The van der Waals surface area contributed by atoms with E-state index < -0.39 is 0 Å². The van der Waals surface area contributed by atoms with Gasteiger partial charge in [-0.2, -0.15) is 0 Å². The third-order valence-corrected chi connectivity index (χ3v) is 4.90. The van der Waals surface area contributed by atoms with Gasteiger partial charge in [-0.05, 0) is 53.3 Å². The highest BCUT2D eigenvalue weighted by molar-refractivity contribution is 14.1. The highest BCUT2D eigenvalue weighted by atomic mass is 127. The lowest BCUT2D eigenvalue weighted by atomic mass is 9.98. The van der Waals surface area contributed by atoms with Crippen molar-refractivity contribution in [2.75, 3.05) is 5.32 Å². The minimum Gasteiger partial charge on any atom is -0.321 e. The van der Waals surface area contributed by atoms with E-state index in [9.17, 15) is 4.79 Å². The van der Waals surface area contributed by atoms with Gasteiger partial charge in [0.25, 0.3) is 5.91 Å². The lowest BCUT2D eigenvalue weighted by molar-refractivity contribution is 0.103. The molecule has 106 valence electrons. The Morgan fingerprint density at radius 1 is 1.35 bits per heavy atom. The van der Waals surface area contributed by atoms with E-state index in [1.807, 2.05) is 25.1 Å². The maximum absolute atomic E-state index is 12.2. The molecule has 1 amide bonds. The van der Waals surface area contributed by atoms with E-state index in [1.54, 1.807) is 6.20 Å². The van der Waals surface area contributed by atoms with Crippen LogP contribution < -0.4 is 5.32 Å². The number of amides is 1. The number of aromatic nitrogens is 1. The number of hydrogen-bond donors (Lipinski definition) is 1. The maximum atomic E-state index is 12.2. The van der Waals surface area contributed by atoms with E-state index in [2.05, 4.69) is 53.7 Å². The van der Waals surface area contributed by atoms with Gasteiger partial charge >= 0.3 is 0 Å². The van der Waals surface area contributed by atoms with E-state index in [-0.39, 0.29) is 11.3 Å². The lowest BCUT2D eigenvalue weighted by Gasteiger charge is -2.13. The first-order chi connectivity index (χ1) is 9.27. The number of rotatable bonds is 2. The van der Waals surface area contributed by atoms with Gasteiger partial charge in [0.05, 0.1) is 11.2 Å². The van der Waals surface area contributed by atoms with Crippen molar-refractivity contribution in [2.24, 2.45) is 0 Å². The predicted molar refractivity (Wildman–Crippen MR) is 92.7 cm³/mol. The first-order valence-electron chi connectivity index (χ1n) is 6.31. The summed E-state index contributed by atoms with van der Waals surface area (Å²) < 4.78 is 1.16. The first-order valence-corrected chi connectivity index (χ1v) is 8.21. The second-order valence-corrected chi connectivity index (χ2v) is 7.97. The van der Waals surface area contributed by atoms with Gasteiger partial charge in [0, 0.05) is 14.7 Å². The van der Waals surface area contributed by atoms with Gasteiger partial charge in [-0.3, -0.25) is 4.79 Å². The second-order valence-electron chi connectivity index (χ2n) is 5.69. The average Bonchev–Trinajstić information content (AvgIpc) is 2.82. The fourth-order valence-electron chi connectivity index (χ4n) is 1.68. The van der Waals surface area contributed by atoms with E-state index in [0.29, 0.717) is 4.88 Å². The molecule has 0 aliphatic carbocycles. The van der Waals surface area contributed by atoms with Gasteiger partial charge in [-0.1, -0.05) is 20.8 Å². The quantitative estimate of drug-likeness (QED) is 0.749. The SMILES string of the molecule is Cc1cc(I)ccc1NC(=O)c1cnc(C(C)(C)C)s1. The molecule has 0 saturated carbocycles. The van der Waals surface area contributed by atoms with Crippen LogP contribution in [0.4, 0.5) is 5.69 Å². The van der Waals surface area contributed by atoms with Crippen LogP contribution in [0, 0.1) is 10.5 Å². The van der Waals surface area contributed by atoms with Crippen LogP contribution in [0.25, 0.3) is 0 Å². The Balaban J connectivity index is 2.18. The monoisotopic (exact) mass is 400 g/mol. The molecule has 1 aromatic carbocycles. The summed E-state index contributed by atoms with van der Waals surface area (Å²) in [7, 11) is 0. The normalized spacial score (nSPS) is 11.4. The standard InChI is InChI=1S/C15H17IN2OS/c1-9-7-10(16)5-6-11(9)18-13(19)12-8-17-14(20-12)15(2,3)4/h5-8H,1-4H3,(H,18,19). The number of thiazole rings is 1. The topological polar surface area (TPSA) is 42.0 Å². The number of carbonyl (C=O) groups is 1. The van der Waals surface area contributed by atoms with Crippen LogP contribution >= 0.6 is 33.9 Å². The van der Waals surface area contributed by atoms with Crippen molar-refractivity contribution < 1.29 is 4.79 Å². The number of halogens is 1. The number of hydrogen-bond acceptors (Lipinski definition) is 3. The van der Waals surface area contributed by atoms with Gasteiger partial charge in [-0.15, -0.1) is 11.3 Å². The highest BCUT2D eigenvalue weighted by Gasteiger charge is 2.20. The molecule has 0 unspecified atom stereocenters. The molecule has 0 aliphatic heterocycles. The third kappa shape index (κ3) is 3.58. The molecule has 0 spiro atoms. The molecular weight excluding hydrogens is 383 g/mol. The first kappa shape index (κ1) is 15.4. The van der Waals surface area contributed by atoms with Crippen molar-refractivity contribution in [3.05, 3.63) is 43.4 Å². The Kier molecular flexibility index (Phi) is 4.49.